The molecule has 13 nitrogen and oxygen atoms in total. The summed E-state index contributed by atoms with van der Waals surface area (Å²) in [6, 6.07) is 6.64. The van der Waals surface area contributed by atoms with Gasteiger partial charge >= 0.3 is 6.03 Å². The largest absolute Gasteiger partial charge is 0.491 e. The quantitative estimate of drug-likeness (QED) is 0.365. The Bertz CT molecular complexity index is 1340. The number of rotatable bonds is 10. The van der Waals surface area contributed by atoms with Gasteiger partial charge in [0.1, 0.15) is 17.3 Å². The summed E-state index contributed by atoms with van der Waals surface area (Å²) < 4.78 is 17.3. The molecule has 1 fully saturated rings. The van der Waals surface area contributed by atoms with Crippen molar-refractivity contribution in [2.24, 2.45) is 15.9 Å². The van der Waals surface area contributed by atoms with Crippen LogP contribution in [0.25, 0.3) is 0 Å². The van der Waals surface area contributed by atoms with Crippen molar-refractivity contribution in [3.05, 3.63) is 41.6 Å². The van der Waals surface area contributed by atoms with Crippen LogP contribution in [0.3, 0.4) is 0 Å². The van der Waals surface area contributed by atoms with Crippen LogP contribution in [0.5, 0.6) is 11.5 Å². The molecule has 1 aromatic heterocycles. The number of hydrogen-bond acceptors (Lipinski definition) is 10. The second-order valence-electron chi connectivity index (χ2n) is 10.6. The van der Waals surface area contributed by atoms with Crippen molar-refractivity contribution in [2.75, 3.05) is 71.5 Å². The lowest BCUT2D eigenvalue weighted by atomic mass is 10.1. The predicted octanol–water partition coefficient (Wildman–Crippen LogP) is 2.46. The number of fused-ring (bicyclic) bond motifs is 3. The number of amides is 3. The van der Waals surface area contributed by atoms with Crippen LogP contribution in [0.15, 0.2) is 40.4 Å². The van der Waals surface area contributed by atoms with Gasteiger partial charge in [-0.3, -0.25) is 30.2 Å². The van der Waals surface area contributed by atoms with Crippen molar-refractivity contribution in [2.45, 2.75) is 20.3 Å². The van der Waals surface area contributed by atoms with Gasteiger partial charge in [0.05, 0.1) is 39.0 Å². The summed E-state index contributed by atoms with van der Waals surface area (Å²) >= 11 is 0. The molecule has 3 amide bonds. The summed E-state index contributed by atoms with van der Waals surface area (Å²) in [4.78, 5) is 43.1. The van der Waals surface area contributed by atoms with E-state index in [1.165, 1.54) is 6.20 Å². The lowest BCUT2D eigenvalue weighted by Gasteiger charge is -2.29. The van der Waals surface area contributed by atoms with Crippen LogP contribution in [0.2, 0.25) is 0 Å². The van der Waals surface area contributed by atoms with Gasteiger partial charge in [-0.15, -0.1) is 0 Å². The maximum Gasteiger partial charge on any atom is 0.320 e. The third-order valence-electron chi connectivity index (χ3n) is 7.00. The Morgan fingerprint density at radius 3 is 2.67 bits per heavy atom. The van der Waals surface area contributed by atoms with Gasteiger partial charge < -0.3 is 19.5 Å². The SMILES string of the molecule is COc1c(OCCCN2CCOCC2)ccc2c1N=C(NC(=O)c1ccc(NC(=O)NCC(C)C)nc1)N1CCN=C21. The molecule has 0 unspecified atom stereocenters. The van der Waals surface area contributed by atoms with E-state index in [-0.39, 0.29) is 11.9 Å². The number of nitrogens with zero attached hydrogens (tertiary/aromatic N) is 5. The molecule has 13 heteroatoms. The molecule has 3 aliphatic heterocycles. The van der Waals surface area contributed by atoms with Gasteiger partial charge in [0.25, 0.3) is 5.91 Å². The van der Waals surface area contributed by atoms with Crippen LogP contribution in [0.4, 0.5) is 16.3 Å². The molecule has 1 aromatic carbocycles. The van der Waals surface area contributed by atoms with Crippen molar-refractivity contribution in [1.29, 1.82) is 0 Å². The topological polar surface area (TPSA) is 142 Å². The summed E-state index contributed by atoms with van der Waals surface area (Å²) in [6.45, 7) is 10.6. The molecule has 0 radical (unpaired) electrons. The molecule has 3 N–H and O–H groups in total. The molecule has 0 atom stereocenters. The van der Waals surface area contributed by atoms with Crippen LogP contribution >= 0.6 is 0 Å². The Balaban J connectivity index is 1.27. The van der Waals surface area contributed by atoms with E-state index in [1.54, 1.807) is 19.2 Å². The van der Waals surface area contributed by atoms with E-state index in [9.17, 15) is 9.59 Å². The maximum atomic E-state index is 13.2. The van der Waals surface area contributed by atoms with E-state index in [1.807, 2.05) is 30.9 Å². The zero-order chi connectivity index (χ0) is 29.5. The van der Waals surface area contributed by atoms with Crippen molar-refractivity contribution >= 4 is 35.2 Å². The number of guanidine groups is 1. The van der Waals surface area contributed by atoms with Crippen LogP contribution in [-0.4, -0.2) is 105 Å². The number of benzene rings is 1. The second kappa shape index (κ2) is 13.6. The minimum atomic E-state index is -0.388. The molecule has 0 bridgehead atoms. The van der Waals surface area contributed by atoms with E-state index in [0.29, 0.717) is 66.7 Å². The number of hydrogen-bond donors (Lipinski definition) is 3. The van der Waals surface area contributed by atoms with E-state index in [2.05, 4.69) is 30.8 Å². The fraction of sp³-hybridized carbons (Fsp3) is 0.483. The summed E-state index contributed by atoms with van der Waals surface area (Å²) in [5.74, 6) is 2.43. The first-order chi connectivity index (χ1) is 20.4. The lowest BCUT2D eigenvalue weighted by Crippen LogP contribution is -2.47. The summed E-state index contributed by atoms with van der Waals surface area (Å²) in [6.07, 6.45) is 2.28. The first-order valence-corrected chi connectivity index (χ1v) is 14.3. The standard InChI is InChI=1S/C29H38N8O5/c1-19(2)17-32-29(39)33-23-8-5-20(18-31-23)27(38)35-28-34-24-21(26-30-9-11-37(26)28)6-7-22(25(24)40-3)42-14-4-10-36-12-15-41-16-13-36/h5-8,18-19H,4,9-17H2,1-3H3,(H,34,35,38)(H2,31,32,33,39). The molecule has 5 rings (SSSR count). The molecule has 0 spiro atoms. The number of urea groups is 1. The van der Waals surface area contributed by atoms with Crippen LogP contribution in [0, 0.1) is 5.92 Å². The molecule has 0 aliphatic carbocycles. The Morgan fingerprint density at radius 1 is 1.10 bits per heavy atom. The normalized spacial score (nSPS) is 16.2. The van der Waals surface area contributed by atoms with Crippen molar-refractivity contribution < 1.29 is 23.8 Å². The molecule has 0 saturated carbocycles. The molecule has 1 saturated heterocycles. The van der Waals surface area contributed by atoms with Gasteiger partial charge in [0.2, 0.25) is 5.96 Å². The van der Waals surface area contributed by atoms with Gasteiger partial charge in [0, 0.05) is 44.5 Å². The van der Waals surface area contributed by atoms with Crippen molar-refractivity contribution in [1.82, 2.24) is 25.4 Å². The number of ether oxygens (including phenoxy) is 3. The molecule has 3 aliphatic rings. The first-order valence-electron chi connectivity index (χ1n) is 14.3. The van der Waals surface area contributed by atoms with E-state index in [4.69, 9.17) is 19.2 Å². The fourth-order valence-corrected chi connectivity index (χ4v) is 4.83. The molecular formula is C29H38N8O5. The number of pyridine rings is 1. The van der Waals surface area contributed by atoms with Crippen molar-refractivity contribution in [3.63, 3.8) is 0 Å². The number of carbonyl (C=O) groups excluding carboxylic acids is 2. The highest BCUT2D eigenvalue weighted by molar-refractivity contribution is 6.20. The Kier molecular flexibility index (Phi) is 9.49. The number of carbonyl (C=O) groups is 2. The number of methoxy groups -OCH3 is 1. The number of morpholine rings is 1. The summed E-state index contributed by atoms with van der Waals surface area (Å²) in [7, 11) is 1.58. The fourth-order valence-electron chi connectivity index (χ4n) is 4.83. The number of anilines is 1. The maximum absolute atomic E-state index is 13.2. The lowest BCUT2D eigenvalue weighted by molar-refractivity contribution is 0.0357. The minimum absolute atomic E-state index is 0.318. The number of amidine groups is 1. The molecule has 4 heterocycles. The second-order valence-corrected chi connectivity index (χ2v) is 10.6. The average Bonchev–Trinajstić information content (AvgIpc) is 3.50. The molecule has 2 aromatic rings. The molecule has 224 valence electrons. The van der Waals surface area contributed by atoms with Gasteiger partial charge in [-0.25, -0.2) is 14.8 Å². The third kappa shape index (κ3) is 6.97. The van der Waals surface area contributed by atoms with Gasteiger partial charge in [0.15, 0.2) is 11.5 Å². The van der Waals surface area contributed by atoms with E-state index in [0.717, 1.165) is 50.7 Å². The zero-order valence-electron chi connectivity index (χ0n) is 24.3. The van der Waals surface area contributed by atoms with Gasteiger partial charge in [-0.05, 0) is 36.6 Å². The Hall–Kier alpha value is -4.23. The van der Waals surface area contributed by atoms with Gasteiger partial charge in [-0.2, -0.15) is 0 Å². The Labute approximate surface area is 245 Å². The molecular weight excluding hydrogens is 540 g/mol. The van der Waals surface area contributed by atoms with Gasteiger partial charge in [-0.1, -0.05) is 13.8 Å². The number of aliphatic imine (C=N–C) groups is 2. The van der Waals surface area contributed by atoms with Crippen molar-refractivity contribution in [3.8, 4) is 11.5 Å². The van der Waals surface area contributed by atoms with Crippen LogP contribution in [0.1, 0.15) is 36.2 Å². The summed E-state index contributed by atoms with van der Waals surface area (Å²) in [5, 5.41) is 8.33. The highest BCUT2D eigenvalue weighted by Crippen LogP contribution is 2.43. The van der Waals surface area contributed by atoms with E-state index >= 15 is 0 Å². The predicted molar refractivity (Wildman–Crippen MR) is 159 cm³/mol. The highest BCUT2D eigenvalue weighted by Gasteiger charge is 2.33. The minimum Gasteiger partial charge on any atom is -0.491 e. The Morgan fingerprint density at radius 2 is 1.93 bits per heavy atom. The first kappa shape index (κ1) is 29.3. The number of nitrogens with one attached hydrogen (secondary N) is 3. The molecule has 42 heavy (non-hydrogen) atoms. The van der Waals surface area contributed by atoms with Crippen LogP contribution in [-0.2, 0) is 4.74 Å². The van der Waals surface area contributed by atoms with E-state index < -0.39 is 0 Å². The zero-order valence-corrected chi connectivity index (χ0v) is 24.3. The highest BCUT2D eigenvalue weighted by atomic mass is 16.5. The third-order valence-corrected chi connectivity index (χ3v) is 7.00. The summed E-state index contributed by atoms with van der Waals surface area (Å²) in [5.41, 5.74) is 1.69. The smallest absolute Gasteiger partial charge is 0.320 e. The number of aromatic nitrogens is 1. The average molecular weight is 579 g/mol. The van der Waals surface area contributed by atoms with Crippen LogP contribution < -0.4 is 25.4 Å². The monoisotopic (exact) mass is 578 g/mol.